The van der Waals surface area contributed by atoms with Crippen LogP contribution in [0.5, 0.6) is 11.5 Å². The molecule has 2 heterocycles. The summed E-state index contributed by atoms with van der Waals surface area (Å²) < 4.78 is 0. The van der Waals surface area contributed by atoms with Crippen molar-refractivity contribution in [2.24, 2.45) is 0 Å². The molecule has 6 nitrogen and oxygen atoms in total. The van der Waals surface area contributed by atoms with Gasteiger partial charge in [-0.15, -0.1) is 0 Å². The molecule has 27 heavy (non-hydrogen) atoms. The number of aromatic hydroxyl groups is 2. The van der Waals surface area contributed by atoms with Crippen LogP contribution in [0, 0.1) is 11.3 Å². The summed E-state index contributed by atoms with van der Waals surface area (Å²) >= 11 is 0. The molecule has 0 radical (unpaired) electrons. The number of rotatable bonds is 2. The number of hydrogen-bond donors (Lipinski definition) is 3. The Kier molecular flexibility index (Phi) is 5.94. The van der Waals surface area contributed by atoms with Crippen molar-refractivity contribution in [2.45, 2.75) is 25.7 Å². The van der Waals surface area contributed by atoms with Gasteiger partial charge >= 0.3 is 0 Å². The fourth-order valence-electron chi connectivity index (χ4n) is 3.34. The lowest BCUT2D eigenvalue weighted by molar-refractivity contribution is 0.233. The number of phenols is 2. The van der Waals surface area contributed by atoms with Crippen molar-refractivity contribution in [3.05, 3.63) is 36.4 Å². The number of nitrogens with two attached hydrogens (primary N) is 1. The van der Waals surface area contributed by atoms with Crippen molar-refractivity contribution >= 4 is 27.5 Å². The van der Waals surface area contributed by atoms with Crippen LogP contribution in [-0.2, 0) is 0 Å². The Bertz CT molecular complexity index is 975. The number of phenolic OH excluding ortho intramolecular Hbond substituents is 2. The lowest BCUT2D eigenvalue weighted by atomic mass is 10.1. The van der Waals surface area contributed by atoms with E-state index < -0.39 is 0 Å². The van der Waals surface area contributed by atoms with Crippen molar-refractivity contribution < 1.29 is 10.2 Å². The first-order valence-corrected chi connectivity index (χ1v) is 9.19. The summed E-state index contributed by atoms with van der Waals surface area (Å²) in [5.41, 5.74) is 7.93. The highest BCUT2D eigenvalue weighted by atomic mass is 16.3. The molecular weight excluding hydrogens is 340 g/mol. The van der Waals surface area contributed by atoms with Crippen LogP contribution in [0.4, 0.5) is 5.69 Å². The normalized spacial score (nSPS) is 14.5. The van der Waals surface area contributed by atoms with Crippen molar-refractivity contribution in [3.63, 3.8) is 0 Å². The number of hydrogen-bond acceptors (Lipinski definition) is 6. The van der Waals surface area contributed by atoms with Gasteiger partial charge in [-0.1, -0.05) is 24.6 Å². The van der Waals surface area contributed by atoms with Gasteiger partial charge in [0.05, 0.1) is 22.8 Å². The van der Waals surface area contributed by atoms with E-state index in [0.717, 1.165) is 17.4 Å². The highest BCUT2D eigenvalue weighted by Crippen LogP contribution is 2.35. The molecule has 1 aliphatic heterocycles. The number of anilines is 1. The van der Waals surface area contributed by atoms with Crippen LogP contribution in [-0.4, -0.2) is 39.7 Å². The van der Waals surface area contributed by atoms with E-state index in [4.69, 9.17) is 11.0 Å². The Morgan fingerprint density at radius 3 is 2.44 bits per heavy atom. The quantitative estimate of drug-likeness (QED) is 0.472. The second kappa shape index (κ2) is 8.56. The van der Waals surface area contributed by atoms with Gasteiger partial charge in [-0.25, -0.2) is 4.98 Å². The molecule has 1 aromatic heterocycles. The maximum Gasteiger partial charge on any atom is 0.159 e. The molecule has 0 bridgehead atoms. The molecule has 1 aliphatic rings. The molecule has 4 rings (SSSR count). The van der Waals surface area contributed by atoms with E-state index in [0.29, 0.717) is 23.0 Å². The van der Waals surface area contributed by atoms with Crippen molar-refractivity contribution in [2.75, 3.05) is 25.4 Å². The Labute approximate surface area is 158 Å². The third kappa shape index (κ3) is 4.39. The van der Waals surface area contributed by atoms with E-state index in [1.165, 1.54) is 44.5 Å². The second-order valence-electron chi connectivity index (χ2n) is 6.71. The van der Waals surface area contributed by atoms with Gasteiger partial charge in [0.2, 0.25) is 0 Å². The first-order chi connectivity index (χ1) is 13.1. The summed E-state index contributed by atoms with van der Waals surface area (Å²) in [7, 11) is 0. The predicted octanol–water partition coefficient (Wildman–Crippen LogP) is 3.77. The van der Waals surface area contributed by atoms with Crippen LogP contribution < -0.4 is 5.73 Å². The molecular formula is C21H24N4O2. The SMILES string of the molecule is N#CCCN1CCCCC1.Nc1c2ccccc2nc2cc(O)c(O)cc12. The monoisotopic (exact) mass is 364 g/mol. The lowest BCUT2D eigenvalue weighted by Crippen LogP contribution is -2.30. The number of likely N-dealkylation sites (tertiary alicyclic amines) is 1. The molecule has 1 fully saturated rings. The van der Waals surface area contributed by atoms with E-state index in [1.54, 1.807) is 0 Å². The number of pyridine rings is 1. The fourth-order valence-corrected chi connectivity index (χ4v) is 3.34. The average Bonchev–Trinajstić information content (AvgIpc) is 2.70. The Morgan fingerprint density at radius 1 is 1.00 bits per heavy atom. The maximum absolute atomic E-state index is 9.48. The molecule has 0 aliphatic carbocycles. The summed E-state index contributed by atoms with van der Waals surface area (Å²) in [6.45, 7) is 3.40. The first-order valence-electron chi connectivity index (χ1n) is 9.19. The summed E-state index contributed by atoms with van der Waals surface area (Å²) in [4.78, 5) is 6.77. The molecule has 140 valence electrons. The van der Waals surface area contributed by atoms with Crippen LogP contribution in [0.15, 0.2) is 36.4 Å². The number of para-hydroxylation sites is 1. The van der Waals surface area contributed by atoms with Crippen molar-refractivity contribution in [1.82, 2.24) is 9.88 Å². The molecule has 3 aromatic rings. The van der Waals surface area contributed by atoms with Gasteiger partial charge in [0, 0.05) is 29.8 Å². The minimum Gasteiger partial charge on any atom is -0.504 e. The average molecular weight is 364 g/mol. The molecule has 0 atom stereocenters. The Balaban J connectivity index is 0.000000180. The maximum atomic E-state index is 9.48. The smallest absolute Gasteiger partial charge is 0.159 e. The van der Waals surface area contributed by atoms with E-state index >= 15 is 0 Å². The molecule has 6 heteroatoms. The van der Waals surface area contributed by atoms with Gasteiger partial charge in [0.15, 0.2) is 11.5 Å². The van der Waals surface area contributed by atoms with E-state index in [-0.39, 0.29) is 11.5 Å². The largest absolute Gasteiger partial charge is 0.504 e. The topological polar surface area (TPSA) is 106 Å². The summed E-state index contributed by atoms with van der Waals surface area (Å²) in [5, 5.41) is 28.7. The third-order valence-electron chi connectivity index (χ3n) is 4.81. The molecule has 0 saturated carbocycles. The Morgan fingerprint density at radius 2 is 1.70 bits per heavy atom. The van der Waals surface area contributed by atoms with Crippen LogP contribution in [0.1, 0.15) is 25.7 Å². The highest BCUT2D eigenvalue weighted by Gasteiger charge is 2.09. The predicted molar refractivity (Wildman–Crippen MR) is 108 cm³/mol. The van der Waals surface area contributed by atoms with E-state index in [1.807, 2.05) is 24.3 Å². The molecule has 4 N–H and O–H groups in total. The zero-order valence-electron chi connectivity index (χ0n) is 15.2. The number of piperidine rings is 1. The van der Waals surface area contributed by atoms with Crippen molar-refractivity contribution in [3.8, 4) is 17.6 Å². The van der Waals surface area contributed by atoms with Crippen LogP contribution in [0.3, 0.4) is 0 Å². The van der Waals surface area contributed by atoms with Gasteiger partial charge in [-0.2, -0.15) is 5.26 Å². The van der Waals surface area contributed by atoms with Gasteiger partial charge in [-0.05, 0) is 38.1 Å². The van der Waals surface area contributed by atoms with E-state index in [2.05, 4.69) is 16.0 Å². The molecule has 0 unspecified atom stereocenters. The Hall–Kier alpha value is -3.04. The van der Waals surface area contributed by atoms with Gasteiger partial charge < -0.3 is 20.8 Å². The third-order valence-corrected chi connectivity index (χ3v) is 4.81. The van der Waals surface area contributed by atoms with Gasteiger partial charge in [0.25, 0.3) is 0 Å². The van der Waals surface area contributed by atoms with Crippen LogP contribution in [0.2, 0.25) is 0 Å². The number of aromatic nitrogens is 1. The second-order valence-corrected chi connectivity index (χ2v) is 6.71. The molecule has 0 spiro atoms. The summed E-state index contributed by atoms with van der Waals surface area (Å²) in [5.74, 6) is -0.388. The number of nitrogens with zero attached hydrogens (tertiary/aromatic N) is 3. The molecule has 0 amide bonds. The first kappa shape index (κ1) is 18.7. The summed E-state index contributed by atoms with van der Waals surface area (Å²) in [6.07, 6.45) is 4.72. The molecule has 2 aromatic carbocycles. The zero-order chi connectivity index (χ0) is 19.2. The minimum absolute atomic E-state index is 0.193. The number of nitriles is 1. The lowest BCUT2D eigenvalue weighted by Gasteiger charge is -2.24. The van der Waals surface area contributed by atoms with Gasteiger partial charge in [-0.3, -0.25) is 0 Å². The minimum atomic E-state index is -0.195. The number of nitrogen functional groups attached to an aromatic ring is 1. The van der Waals surface area contributed by atoms with Gasteiger partial charge in [0.1, 0.15) is 0 Å². The standard InChI is InChI=1S/C13H10N2O2.C8H14N2/c14-13-7-3-1-2-4-9(7)15-10-6-12(17)11(16)5-8(10)13;9-5-4-8-10-6-2-1-3-7-10/h1-6,16-17H,(H2,14,15);1-4,6-8H2. The van der Waals surface area contributed by atoms with Crippen molar-refractivity contribution in [1.29, 1.82) is 5.26 Å². The number of fused-ring (bicyclic) bond motifs is 2. The molecule has 1 saturated heterocycles. The van der Waals surface area contributed by atoms with Crippen LogP contribution in [0.25, 0.3) is 21.8 Å². The zero-order valence-corrected chi connectivity index (χ0v) is 15.2. The van der Waals surface area contributed by atoms with E-state index in [9.17, 15) is 10.2 Å². The summed E-state index contributed by atoms with van der Waals surface area (Å²) in [6, 6.07) is 12.5. The highest BCUT2D eigenvalue weighted by molar-refractivity contribution is 6.07. The number of benzene rings is 2. The van der Waals surface area contributed by atoms with Crippen LogP contribution >= 0.6 is 0 Å². The fraction of sp³-hybridized carbons (Fsp3) is 0.333.